The quantitative estimate of drug-likeness (QED) is 0.879. The van der Waals surface area contributed by atoms with Gasteiger partial charge in [-0.1, -0.05) is 31.2 Å². The second-order valence-corrected chi connectivity index (χ2v) is 4.73. The highest BCUT2D eigenvalue weighted by atomic mass is 35.5. The molecule has 1 amide bonds. The summed E-state index contributed by atoms with van der Waals surface area (Å²) in [6.07, 6.45) is 3.68. The summed E-state index contributed by atoms with van der Waals surface area (Å²) in [5, 5.41) is 3.05. The summed E-state index contributed by atoms with van der Waals surface area (Å²) in [6, 6.07) is 8.33. The molecule has 4 heteroatoms. The van der Waals surface area contributed by atoms with Crippen molar-refractivity contribution in [2.24, 2.45) is 5.73 Å². The van der Waals surface area contributed by atoms with Gasteiger partial charge in [0.2, 0.25) is 5.91 Å². The number of hydrogen-bond acceptors (Lipinski definition) is 2. The molecule has 0 bridgehead atoms. The lowest BCUT2D eigenvalue weighted by atomic mass is 9.88. The fourth-order valence-corrected chi connectivity index (χ4v) is 2.31. The third-order valence-electron chi connectivity index (χ3n) is 3.47. The summed E-state index contributed by atoms with van der Waals surface area (Å²) in [5.74, 6) is -0.0168. The van der Waals surface area contributed by atoms with Crippen molar-refractivity contribution in [3.63, 3.8) is 0 Å². The maximum Gasteiger partial charge on any atom is 0.237 e. The van der Waals surface area contributed by atoms with E-state index < -0.39 is 0 Å². The average Bonchev–Trinajstić information content (AvgIpc) is 2.37. The highest BCUT2D eigenvalue weighted by molar-refractivity contribution is 5.85. The number of nitrogens with one attached hydrogen (secondary N) is 1. The van der Waals surface area contributed by atoms with Gasteiger partial charge in [0.1, 0.15) is 0 Å². The number of hydrogen-bond donors (Lipinski definition) is 2. The molecule has 2 atom stereocenters. The Morgan fingerprint density at radius 2 is 2.11 bits per heavy atom. The first-order valence-electron chi connectivity index (χ1n) is 6.33. The Bertz CT molecular complexity index is 409. The van der Waals surface area contributed by atoms with Crippen LogP contribution in [0.15, 0.2) is 24.3 Å². The van der Waals surface area contributed by atoms with Gasteiger partial charge in [0.15, 0.2) is 0 Å². The normalized spacial score (nSPS) is 19.3. The number of carbonyl (C=O) groups excluding carboxylic acids is 1. The molecule has 0 radical (unpaired) electrons. The zero-order valence-corrected chi connectivity index (χ0v) is 11.5. The lowest BCUT2D eigenvalue weighted by molar-refractivity contribution is -0.123. The standard InChI is InChI=1S/C14H20N2O.ClH/c1-2-13(15)14(17)16-12-8-7-10-5-3-4-6-11(10)9-12;/h3-6,12-13H,2,7-9,15H2,1H3,(H,16,17);1H/t12?,13-;/m0./s1. The molecular formula is C14H21ClN2O. The number of benzene rings is 1. The highest BCUT2D eigenvalue weighted by Gasteiger charge is 2.21. The molecule has 1 aliphatic carbocycles. The monoisotopic (exact) mass is 268 g/mol. The van der Waals surface area contributed by atoms with E-state index in [0.717, 1.165) is 19.3 Å². The molecule has 0 aromatic heterocycles. The van der Waals surface area contributed by atoms with Crippen LogP contribution >= 0.6 is 12.4 Å². The van der Waals surface area contributed by atoms with Crippen LogP contribution in [0.1, 0.15) is 30.9 Å². The lowest BCUT2D eigenvalue weighted by Gasteiger charge is -2.26. The largest absolute Gasteiger partial charge is 0.352 e. The minimum absolute atomic E-state index is 0. The van der Waals surface area contributed by atoms with Crippen LogP contribution in [0.4, 0.5) is 0 Å². The molecule has 0 heterocycles. The van der Waals surface area contributed by atoms with Gasteiger partial charge in [-0.3, -0.25) is 4.79 Å². The molecule has 100 valence electrons. The Labute approximate surface area is 115 Å². The van der Waals surface area contributed by atoms with Crippen molar-refractivity contribution in [1.82, 2.24) is 5.32 Å². The number of fused-ring (bicyclic) bond motifs is 1. The lowest BCUT2D eigenvalue weighted by Crippen LogP contribution is -2.46. The van der Waals surface area contributed by atoms with Crippen molar-refractivity contribution >= 4 is 18.3 Å². The highest BCUT2D eigenvalue weighted by Crippen LogP contribution is 2.20. The van der Waals surface area contributed by atoms with E-state index in [1.54, 1.807) is 0 Å². The van der Waals surface area contributed by atoms with Crippen molar-refractivity contribution in [1.29, 1.82) is 0 Å². The number of amides is 1. The van der Waals surface area contributed by atoms with E-state index in [0.29, 0.717) is 6.42 Å². The van der Waals surface area contributed by atoms with Crippen LogP contribution in [0.3, 0.4) is 0 Å². The summed E-state index contributed by atoms with van der Waals surface area (Å²) in [6.45, 7) is 1.93. The molecule has 1 aromatic rings. The molecule has 1 aromatic carbocycles. The van der Waals surface area contributed by atoms with E-state index in [9.17, 15) is 4.79 Å². The Morgan fingerprint density at radius 1 is 1.44 bits per heavy atom. The summed E-state index contributed by atoms with van der Waals surface area (Å²) < 4.78 is 0. The minimum Gasteiger partial charge on any atom is -0.352 e. The van der Waals surface area contributed by atoms with Crippen LogP contribution in [-0.4, -0.2) is 18.0 Å². The van der Waals surface area contributed by atoms with Gasteiger partial charge in [-0.2, -0.15) is 0 Å². The summed E-state index contributed by atoms with van der Waals surface area (Å²) >= 11 is 0. The topological polar surface area (TPSA) is 55.1 Å². The van der Waals surface area contributed by atoms with Crippen LogP contribution in [0.2, 0.25) is 0 Å². The van der Waals surface area contributed by atoms with Gasteiger partial charge in [-0.05, 0) is 36.8 Å². The van der Waals surface area contributed by atoms with Gasteiger partial charge >= 0.3 is 0 Å². The van der Waals surface area contributed by atoms with E-state index in [-0.39, 0.29) is 30.4 Å². The number of aryl methyl sites for hydroxylation is 1. The Morgan fingerprint density at radius 3 is 2.78 bits per heavy atom. The van der Waals surface area contributed by atoms with Crippen molar-refractivity contribution < 1.29 is 4.79 Å². The fraction of sp³-hybridized carbons (Fsp3) is 0.500. The van der Waals surface area contributed by atoms with Gasteiger partial charge in [0, 0.05) is 6.04 Å². The van der Waals surface area contributed by atoms with E-state index in [1.165, 1.54) is 11.1 Å². The maximum atomic E-state index is 11.7. The Balaban J connectivity index is 0.00000162. The zero-order chi connectivity index (χ0) is 12.3. The van der Waals surface area contributed by atoms with Gasteiger partial charge < -0.3 is 11.1 Å². The van der Waals surface area contributed by atoms with Crippen LogP contribution in [0, 0.1) is 0 Å². The predicted octanol–water partition coefficient (Wildman–Crippen LogP) is 1.82. The van der Waals surface area contributed by atoms with Crippen molar-refractivity contribution in [3.8, 4) is 0 Å². The molecule has 1 aliphatic rings. The van der Waals surface area contributed by atoms with Crippen LogP contribution in [-0.2, 0) is 17.6 Å². The molecule has 3 N–H and O–H groups in total. The Hall–Kier alpha value is -1.06. The first kappa shape index (κ1) is 15.0. The third-order valence-corrected chi connectivity index (χ3v) is 3.47. The number of carbonyl (C=O) groups is 1. The average molecular weight is 269 g/mol. The maximum absolute atomic E-state index is 11.7. The number of halogens is 1. The number of rotatable bonds is 3. The van der Waals surface area contributed by atoms with Crippen molar-refractivity contribution in [2.45, 2.75) is 44.7 Å². The van der Waals surface area contributed by atoms with Crippen molar-refractivity contribution in [3.05, 3.63) is 35.4 Å². The molecular weight excluding hydrogens is 248 g/mol. The molecule has 0 saturated carbocycles. The fourth-order valence-electron chi connectivity index (χ4n) is 2.31. The second-order valence-electron chi connectivity index (χ2n) is 4.73. The van der Waals surface area contributed by atoms with Gasteiger partial charge in [-0.15, -0.1) is 12.4 Å². The molecule has 3 nitrogen and oxygen atoms in total. The van der Waals surface area contributed by atoms with E-state index in [2.05, 4.69) is 29.6 Å². The first-order valence-corrected chi connectivity index (χ1v) is 6.33. The van der Waals surface area contributed by atoms with E-state index in [1.807, 2.05) is 6.92 Å². The Kier molecular flexibility index (Phi) is 5.63. The molecule has 0 spiro atoms. The smallest absolute Gasteiger partial charge is 0.237 e. The van der Waals surface area contributed by atoms with Gasteiger partial charge in [0.05, 0.1) is 6.04 Å². The molecule has 0 saturated heterocycles. The summed E-state index contributed by atoms with van der Waals surface area (Å²) in [5.41, 5.74) is 8.49. The molecule has 2 rings (SSSR count). The van der Waals surface area contributed by atoms with Gasteiger partial charge in [-0.25, -0.2) is 0 Å². The van der Waals surface area contributed by atoms with Crippen LogP contribution in [0.5, 0.6) is 0 Å². The molecule has 18 heavy (non-hydrogen) atoms. The number of nitrogens with two attached hydrogens (primary N) is 1. The minimum atomic E-state index is -0.368. The molecule has 0 fully saturated rings. The van der Waals surface area contributed by atoms with Crippen LogP contribution < -0.4 is 11.1 Å². The van der Waals surface area contributed by atoms with Crippen LogP contribution in [0.25, 0.3) is 0 Å². The second kappa shape index (κ2) is 6.76. The predicted molar refractivity (Wildman–Crippen MR) is 75.9 cm³/mol. The van der Waals surface area contributed by atoms with Gasteiger partial charge in [0.25, 0.3) is 0 Å². The van der Waals surface area contributed by atoms with E-state index in [4.69, 9.17) is 5.73 Å². The summed E-state index contributed by atoms with van der Waals surface area (Å²) in [4.78, 5) is 11.7. The molecule has 1 unspecified atom stereocenters. The third kappa shape index (κ3) is 3.47. The summed E-state index contributed by atoms with van der Waals surface area (Å²) in [7, 11) is 0. The molecule has 0 aliphatic heterocycles. The zero-order valence-electron chi connectivity index (χ0n) is 10.7. The van der Waals surface area contributed by atoms with E-state index >= 15 is 0 Å². The first-order chi connectivity index (χ1) is 8.20. The SMILES string of the molecule is CC[C@H](N)C(=O)NC1CCc2ccccc2C1.Cl. The van der Waals surface area contributed by atoms with Crippen molar-refractivity contribution in [2.75, 3.05) is 0 Å².